The number of nitro groups is 1. The van der Waals surface area contributed by atoms with E-state index >= 15 is 0 Å². The molecule has 0 aliphatic heterocycles. The van der Waals surface area contributed by atoms with Gasteiger partial charge in [-0.3, -0.25) is 10.1 Å². The SMILES string of the molecule is CC.Nc1c(Br)cnn1/C(=C\Cc1ccccc1F)NCCNc1ccc([N+](=O)[O-])cn1. The Morgan fingerprint density at radius 2 is 2.00 bits per heavy atom. The number of aromatic nitrogens is 3. The molecule has 0 amide bonds. The summed E-state index contributed by atoms with van der Waals surface area (Å²) >= 11 is 3.33. The maximum absolute atomic E-state index is 13.9. The van der Waals surface area contributed by atoms with Crippen LogP contribution in [-0.4, -0.2) is 32.8 Å². The summed E-state index contributed by atoms with van der Waals surface area (Å²) in [4.78, 5) is 14.2. The Hall–Kier alpha value is -3.47. The van der Waals surface area contributed by atoms with Gasteiger partial charge >= 0.3 is 0 Å². The summed E-state index contributed by atoms with van der Waals surface area (Å²) in [5, 5.41) is 21.2. The number of benzene rings is 1. The first kappa shape index (κ1) is 24.8. The van der Waals surface area contributed by atoms with Gasteiger partial charge in [-0.2, -0.15) is 5.10 Å². The van der Waals surface area contributed by atoms with E-state index in [4.69, 9.17) is 5.73 Å². The van der Waals surface area contributed by atoms with Crippen molar-refractivity contribution in [2.45, 2.75) is 20.3 Å². The lowest BCUT2D eigenvalue weighted by Crippen LogP contribution is -2.25. The minimum atomic E-state index is -0.502. The number of pyridine rings is 1. The molecule has 0 atom stereocenters. The molecule has 0 aliphatic rings. The molecule has 0 spiro atoms. The molecule has 0 aliphatic carbocycles. The molecule has 2 heterocycles. The number of rotatable bonds is 9. The molecule has 1 aromatic carbocycles. The van der Waals surface area contributed by atoms with Gasteiger partial charge in [0.15, 0.2) is 0 Å². The first-order valence-electron chi connectivity index (χ1n) is 9.97. The van der Waals surface area contributed by atoms with Crippen LogP contribution in [0.15, 0.2) is 59.3 Å². The molecule has 0 bridgehead atoms. The van der Waals surface area contributed by atoms with Crippen molar-refractivity contribution in [2.75, 3.05) is 24.1 Å². The van der Waals surface area contributed by atoms with Crippen molar-refractivity contribution in [1.82, 2.24) is 20.1 Å². The summed E-state index contributed by atoms with van der Waals surface area (Å²) in [6.45, 7) is 4.95. The molecule has 9 nitrogen and oxygen atoms in total. The zero-order chi connectivity index (χ0) is 23.5. The average Bonchev–Trinajstić information content (AvgIpc) is 3.14. The predicted octanol–water partition coefficient (Wildman–Crippen LogP) is 4.44. The maximum Gasteiger partial charge on any atom is 0.287 e. The smallest absolute Gasteiger partial charge is 0.287 e. The number of nitrogens with two attached hydrogens (primary N) is 1. The van der Waals surface area contributed by atoms with E-state index in [-0.39, 0.29) is 11.5 Å². The van der Waals surface area contributed by atoms with Crippen LogP contribution in [0, 0.1) is 15.9 Å². The van der Waals surface area contributed by atoms with Gasteiger partial charge in [-0.1, -0.05) is 32.0 Å². The van der Waals surface area contributed by atoms with Gasteiger partial charge in [-0.05, 0) is 46.1 Å². The van der Waals surface area contributed by atoms with E-state index in [0.717, 1.165) is 0 Å². The Labute approximate surface area is 193 Å². The lowest BCUT2D eigenvalue weighted by Gasteiger charge is -2.14. The summed E-state index contributed by atoms with van der Waals surface area (Å²) in [6, 6.07) is 9.46. The molecule has 3 rings (SSSR count). The third-order valence-corrected chi connectivity index (χ3v) is 4.77. The van der Waals surface area contributed by atoms with Crippen LogP contribution in [0.1, 0.15) is 19.4 Å². The third-order valence-electron chi connectivity index (χ3n) is 4.16. The number of nitrogens with zero attached hydrogens (tertiary/aromatic N) is 4. The van der Waals surface area contributed by atoms with E-state index in [2.05, 4.69) is 36.6 Å². The Kier molecular flexibility index (Phi) is 9.61. The van der Waals surface area contributed by atoms with Crippen LogP contribution in [0.25, 0.3) is 5.82 Å². The molecule has 2 aromatic heterocycles. The van der Waals surface area contributed by atoms with E-state index < -0.39 is 4.92 Å². The van der Waals surface area contributed by atoms with E-state index in [9.17, 15) is 14.5 Å². The predicted molar refractivity (Wildman–Crippen MR) is 127 cm³/mol. The van der Waals surface area contributed by atoms with Crippen molar-refractivity contribution < 1.29 is 9.31 Å². The fraction of sp³-hybridized carbons (Fsp3) is 0.238. The van der Waals surface area contributed by atoms with Gasteiger partial charge in [-0.15, -0.1) is 0 Å². The summed E-state index contributed by atoms with van der Waals surface area (Å²) < 4.78 is 16.1. The zero-order valence-corrected chi connectivity index (χ0v) is 19.3. The number of nitrogen functional groups attached to an aromatic ring is 1. The van der Waals surface area contributed by atoms with Gasteiger partial charge in [-0.25, -0.2) is 14.1 Å². The number of anilines is 2. The van der Waals surface area contributed by atoms with Crippen molar-refractivity contribution in [3.05, 3.63) is 80.8 Å². The molecule has 0 unspecified atom stereocenters. The van der Waals surface area contributed by atoms with Crippen molar-refractivity contribution in [3.63, 3.8) is 0 Å². The van der Waals surface area contributed by atoms with Crippen molar-refractivity contribution >= 4 is 39.1 Å². The minimum Gasteiger partial charge on any atom is -0.383 e. The highest BCUT2D eigenvalue weighted by atomic mass is 79.9. The number of halogens is 2. The van der Waals surface area contributed by atoms with E-state index in [1.807, 2.05) is 13.8 Å². The van der Waals surface area contributed by atoms with E-state index in [1.54, 1.807) is 30.5 Å². The first-order valence-corrected chi connectivity index (χ1v) is 10.8. The molecule has 3 aromatic rings. The molecular weight excluding hydrogens is 481 g/mol. The van der Waals surface area contributed by atoms with Crippen molar-refractivity contribution in [2.24, 2.45) is 0 Å². The second kappa shape index (κ2) is 12.4. The molecule has 4 N–H and O–H groups in total. The largest absolute Gasteiger partial charge is 0.383 e. The number of nitrogens with one attached hydrogen (secondary N) is 2. The molecular formula is C21H25BrFN7O2. The van der Waals surface area contributed by atoms with Gasteiger partial charge in [0.25, 0.3) is 5.69 Å². The van der Waals surface area contributed by atoms with Crippen LogP contribution < -0.4 is 16.4 Å². The molecule has 32 heavy (non-hydrogen) atoms. The van der Waals surface area contributed by atoms with Crippen LogP contribution in [0.2, 0.25) is 0 Å². The van der Waals surface area contributed by atoms with E-state index in [0.29, 0.717) is 47.0 Å². The summed E-state index contributed by atoms with van der Waals surface area (Å²) in [5.74, 6) is 1.24. The fourth-order valence-electron chi connectivity index (χ4n) is 2.61. The van der Waals surface area contributed by atoms with Crippen LogP contribution >= 0.6 is 15.9 Å². The highest BCUT2D eigenvalue weighted by Gasteiger charge is 2.10. The van der Waals surface area contributed by atoms with Gasteiger partial charge in [0, 0.05) is 19.2 Å². The van der Waals surface area contributed by atoms with Crippen LogP contribution in [0.5, 0.6) is 0 Å². The Balaban J connectivity index is 0.00000176. The standard InChI is InChI=1S/C19H19BrFN7O2.C2H6/c20-15-12-26-27(19(15)22)18(8-5-13-3-1-2-4-16(13)21)24-10-9-23-17-7-6-14(11-25-17)28(29)30;1-2/h1-4,6-8,11-12,24H,5,9-10,22H2,(H,23,25);1-2H3/b18-8-;. The van der Waals surface area contributed by atoms with E-state index in [1.165, 1.54) is 29.1 Å². The topological polar surface area (TPSA) is 124 Å². The maximum atomic E-state index is 13.9. The zero-order valence-electron chi connectivity index (χ0n) is 17.8. The molecule has 11 heteroatoms. The number of hydrogen-bond acceptors (Lipinski definition) is 7. The Morgan fingerprint density at radius 3 is 2.59 bits per heavy atom. The molecule has 170 valence electrons. The summed E-state index contributed by atoms with van der Waals surface area (Å²) in [5.41, 5.74) is 6.53. The van der Waals surface area contributed by atoms with Crippen LogP contribution in [-0.2, 0) is 6.42 Å². The number of hydrogen-bond donors (Lipinski definition) is 3. The molecule has 0 radical (unpaired) electrons. The van der Waals surface area contributed by atoms with Gasteiger partial charge in [0.05, 0.1) is 15.6 Å². The highest BCUT2D eigenvalue weighted by Crippen LogP contribution is 2.21. The van der Waals surface area contributed by atoms with Crippen LogP contribution in [0.4, 0.5) is 21.7 Å². The second-order valence-corrected chi connectivity index (χ2v) is 7.04. The van der Waals surface area contributed by atoms with Crippen LogP contribution in [0.3, 0.4) is 0 Å². The Bertz CT molecular complexity index is 1050. The molecule has 0 saturated heterocycles. The highest BCUT2D eigenvalue weighted by molar-refractivity contribution is 9.10. The number of allylic oxidation sites excluding steroid dienone is 1. The lowest BCUT2D eigenvalue weighted by atomic mass is 10.1. The molecule has 0 saturated carbocycles. The van der Waals surface area contributed by atoms with Gasteiger partial charge in [0.2, 0.25) is 0 Å². The Morgan fingerprint density at radius 1 is 1.25 bits per heavy atom. The summed E-state index contributed by atoms with van der Waals surface area (Å²) in [7, 11) is 0. The third kappa shape index (κ3) is 6.77. The fourth-order valence-corrected chi connectivity index (χ4v) is 2.87. The van der Waals surface area contributed by atoms with Gasteiger partial charge < -0.3 is 16.4 Å². The lowest BCUT2D eigenvalue weighted by molar-refractivity contribution is -0.385. The van der Waals surface area contributed by atoms with Crippen molar-refractivity contribution in [1.29, 1.82) is 0 Å². The first-order chi connectivity index (χ1) is 15.5. The summed E-state index contributed by atoms with van der Waals surface area (Å²) in [6.07, 6.45) is 4.92. The minimum absolute atomic E-state index is 0.0724. The van der Waals surface area contributed by atoms with Gasteiger partial charge in [0.1, 0.15) is 29.5 Å². The quantitative estimate of drug-likeness (QED) is 0.223. The normalized spacial score (nSPS) is 10.8. The molecule has 0 fully saturated rings. The van der Waals surface area contributed by atoms with Crippen molar-refractivity contribution in [3.8, 4) is 0 Å². The monoisotopic (exact) mass is 505 g/mol. The average molecular weight is 506 g/mol. The second-order valence-electron chi connectivity index (χ2n) is 6.19.